The summed E-state index contributed by atoms with van der Waals surface area (Å²) in [6, 6.07) is 11.1. The van der Waals surface area contributed by atoms with Crippen molar-refractivity contribution in [3.63, 3.8) is 0 Å². The van der Waals surface area contributed by atoms with Crippen molar-refractivity contribution in [3.05, 3.63) is 84.1 Å². The van der Waals surface area contributed by atoms with Crippen molar-refractivity contribution in [2.45, 2.75) is 188 Å². The lowest BCUT2D eigenvalue weighted by Crippen LogP contribution is -2.62. The second-order valence-corrected chi connectivity index (χ2v) is 27.4. The number of carbonyl (C=O) groups is 10. The number of likely N-dealkylation sites (N-methyl/N-ethyl adjacent to an activating group) is 4. The van der Waals surface area contributed by atoms with Crippen LogP contribution in [0.4, 0.5) is 10.6 Å². The predicted molar refractivity (Wildman–Crippen MR) is 352 cm³/mol. The van der Waals surface area contributed by atoms with Gasteiger partial charge >= 0.3 is 12.1 Å². The Morgan fingerprint density at radius 1 is 0.677 bits per heavy atom. The van der Waals surface area contributed by atoms with Crippen molar-refractivity contribution in [2.75, 3.05) is 72.4 Å². The lowest BCUT2D eigenvalue weighted by atomic mass is 9.94. The van der Waals surface area contributed by atoms with Crippen LogP contribution >= 0.6 is 0 Å². The number of rotatable bonds is 13. The molecule has 8 unspecified atom stereocenters. The average molecular weight is 1290 g/mol. The molecular formula is C69H101N11O13. The van der Waals surface area contributed by atoms with Crippen LogP contribution in [0.15, 0.2) is 72.9 Å². The van der Waals surface area contributed by atoms with Crippen LogP contribution in [-0.4, -0.2) is 226 Å². The van der Waals surface area contributed by atoms with E-state index in [4.69, 9.17) is 14.5 Å². The maximum Gasteiger partial charge on any atom is 0.410 e. The number of piperazine rings is 1. The molecular weight excluding hydrogens is 1190 g/mol. The van der Waals surface area contributed by atoms with Gasteiger partial charge in [0.15, 0.2) is 12.1 Å². The Morgan fingerprint density at radius 2 is 1.31 bits per heavy atom. The summed E-state index contributed by atoms with van der Waals surface area (Å²) in [5.41, 5.74) is 0.237. The molecule has 24 heteroatoms. The molecule has 4 N–H and O–H groups in total. The van der Waals surface area contributed by atoms with Gasteiger partial charge in [-0.3, -0.25) is 38.4 Å². The zero-order chi connectivity index (χ0) is 69.0. The molecule has 0 aliphatic carbocycles. The van der Waals surface area contributed by atoms with Crippen LogP contribution in [0.25, 0.3) is 11.1 Å². The van der Waals surface area contributed by atoms with Crippen LogP contribution in [0.2, 0.25) is 0 Å². The molecule has 24 nitrogen and oxygen atoms in total. The Labute approximate surface area is 548 Å². The fraction of sp³-hybridized carbons (Fsp3) is 0.609. The number of nitrogens with zero attached hydrogens (tertiary/aromatic N) is 8. The molecule has 3 aliphatic heterocycles. The number of esters is 1. The summed E-state index contributed by atoms with van der Waals surface area (Å²) < 4.78 is 11.6. The number of pyridine rings is 1. The van der Waals surface area contributed by atoms with E-state index in [0.29, 0.717) is 56.6 Å². The van der Waals surface area contributed by atoms with E-state index in [0.717, 1.165) is 26.7 Å². The van der Waals surface area contributed by atoms with Crippen molar-refractivity contribution in [1.82, 2.24) is 50.3 Å². The monoisotopic (exact) mass is 1290 g/mol. The highest BCUT2D eigenvalue weighted by Gasteiger charge is 2.47. The smallest absolute Gasteiger partial charge is 0.410 e. The summed E-state index contributed by atoms with van der Waals surface area (Å²) in [6.07, 6.45) is 1.20. The first-order valence-corrected chi connectivity index (χ1v) is 32.7. The third-order valence-corrected chi connectivity index (χ3v) is 18.0. The topological polar surface area (TPSA) is 281 Å². The zero-order valence-electron chi connectivity index (χ0n) is 57.4. The quantitative estimate of drug-likeness (QED) is 0.167. The van der Waals surface area contributed by atoms with Crippen LogP contribution in [0, 0.1) is 17.8 Å². The summed E-state index contributed by atoms with van der Waals surface area (Å²) >= 11 is 0. The van der Waals surface area contributed by atoms with Gasteiger partial charge in [-0.1, -0.05) is 103 Å². The summed E-state index contributed by atoms with van der Waals surface area (Å²) in [7, 11) is 5.51. The van der Waals surface area contributed by atoms with Crippen molar-refractivity contribution in [2.24, 2.45) is 17.8 Å². The van der Waals surface area contributed by atoms with E-state index in [9.17, 15) is 43.5 Å². The summed E-state index contributed by atoms with van der Waals surface area (Å²) in [6.45, 7) is 21.8. The highest BCUT2D eigenvalue weighted by atomic mass is 16.6. The van der Waals surface area contributed by atoms with Gasteiger partial charge in [-0.25, -0.2) is 14.6 Å². The van der Waals surface area contributed by atoms with Crippen molar-refractivity contribution >= 4 is 65.1 Å². The van der Waals surface area contributed by atoms with Gasteiger partial charge in [-0.15, -0.1) is 0 Å². The number of fused-ring (bicyclic) bond motifs is 1. The second kappa shape index (κ2) is 32.1. The van der Waals surface area contributed by atoms with E-state index < -0.39 is 131 Å². The maximum atomic E-state index is 15.7. The van der Waals surface area contributed by atoms with Gasteiger partial charge < -0.3 is 64.8 Å². The standard InChI is InChI=1S/C69H101N11O13/c1-17-43(5)56-64(87)75(14)45(7)59(82)72-50(36-42(3)4)62(85)77(16)58(69(11,12)91)66(89)92-57(44(6)18-2)65(88)74(13)41-55(81)71-51(38-46-24-20-19-21-25-46)61(84)76(15)53(63(86)80-31-23-28-52(80)60(83)73-56)39-47-26-22-27-48(37-47)49-29-30-54(70-40-49)78-32-34-79(35-33-78)67(90)93-68(8,9)10/h19-22,24-27,29-30,37,40,42-45,50-53,56-58,91H,17-18,23,28,31-36,38-39,41H2,1-16H3,(H,71,81)(H,72,82)(H,73,83)/t43?,44-,45+,50?,51?,52?,53?,56?,57?,58?/m1/s1. The maximum absolute atomic E-state index is 15.7. The molecule has 3 aliphatic rings. The second-order valence-electron chi connectivity index (χ2n) is 27.4. The minimum atomic E-state index is -1.98. The molecule has 1 aromatic heterocycles. The fourth-order valence-corrected chi connectivity index (χ4v) is 12.0. The molecule has 6 rings (SSSR count). The number of carbonyl (C=O) groups excluding carboxylic acids is 10. The first-order valence-electron chi connectivity index (χ1n) is 32.7. The fourth-order valence-electron chi connectivity index (χ4n) is 12.0. The van der Waals surface area contributed by atoms with Gasteiger partial charge in [-0.05, 0) is 108 Å². The van der Waals surface area contributed by atoms with Gasteiger partial charge in [0, 0.05) is 91.4 Å². The van der Waals surface area contributed by atoms with E-state index in [2.05, 4.69) is 20.9 Å². The van der Waals surface area contributed by atoms with E-state index >= 15 is 9.59 Å². The third-order valence-electron chi connectivity index (χ3n) is 18.0. The summed E-state index contributed by atoms with van der Waals surface area (Å²) in [4.78, 5) is 161. The Kier molecular flexibility index (Phi) is 25.5. The molecule has 0 spiro atoms. The number of aliphatic hydroxyl groups is 1. The SMILES string of the molecule is CCC(C)C1NC(=O)C2CCCN2C(=O)C(Cc2cccc(-c3ccc(N4CCN(C(=O)OC(C)(C)C)CC4)nc3)c2)N(C)C(=O)C(Cc2ccccc2)NC(=O)CN(C)C(=O)C([C@H](C)CC)OC(=O)C(C(C)(C)O)N(C)C(=O)C(CC(C)C)NC(=O)[C@H](C)N(C)C1=O. The molecule has 0 radical (unpaired) electrons. The number of hydrogen-bond acceptors (Lipinski definition) is 15. The molecule has 0 bridgehead atoms. The van der Waals surface area contributed by atoms with Crippen LogP contribution in [0.5, 0.6) is 0 Å². The molecule has 93 heavy (non-hydrogen) atoms. The molecule has 3 saturated heterocycles. The Balaban J connectivity index is 1.41. The molecule has 2 aromatic carbocycles. The van der Waals surface area contributed by atoms with Crippen LogP contribution < -0.4 is 20.9 Å². The van der Waals surface area contributed by atoms with Crippen molar-refractivity contribution in [3.8, 4) is 11.1 Å². The molecule has 3 fully saturated rings. The van der Waals surface area contributed by atoms with Crippen molar-refractivity contribution in [1.29, 1.82) is 0 Å². The first kappa shape index (κ1) is 73.9. The molecule has 0 saturated carbocycles. The number of cyclic esters (lactones) is 1. The number of ether oxygens (including phenoxy) is 2. The van der Waals surface area contributed by atoms with E-state index in [1.165, 1.54) is 63.7 Å². The molecule has 9 amide bonds. The number of aromatic nitrogens is 1. The number of benzene rings is 2. The van der Waals surface area contributed by atoms with Gasteiger partial charge in [0.25, 0.3) is 5.91 Å². The molecule has 3 aromatic rings. The highest BCUT2D eigenvalue weighted by molar-refractivity contribution is 5.98. The Bertz CT molecular complexity index is 3120. The van der Waals surface area contributed by atoms with Gasteiger partial charge in [0.2, 0.25) is 41.4 Å². The minimum absolute atomic E-state index is 0.0457. The lowest BCUT2D eigenvalue weighted by molar-refractivity contribution is -0.176. The number of amides is 9. The molecule has 510 valence electrons. The number of nitrogens with one attached hydrogen (secondary N) is 3. The van der Waals surface area contributed by atoms with Crippen LogP contribution in [0.1, 0.15) is 126 Å². The summed E-state index contributed by atoms with van der Waals surface area (Å²) in [5, 5.41) is 20.2. The van der Waals surface area contributed by atoms with E-state index in [1.807, 2.05) is 77.9 Å². The van der Waals surface area contributed by atoms with Crippen molar-refractivity contribution < 1.29 is 62.5 Å². The van der Waals surface area contributed by atoms with Crippen LogP contribution in [0.3, 0.4) is 0 Å². The Morgan fingerprint density at radius 3 is 1.90 bits per heavy atom. The van der Waals surface area contributed by atoms with E-state index in [1.54, 1.807) is 62.2 Å². The minimum Gasteiger partial charge on any atom is -0.450 e. The van der Waals surface area contributed by atoms with E-state index in [-0.39, 0.29) is 44.2 Å². The largest absolute Gasteiger partial charge is 0.450 e. The summed E-state index contributed by atoms with van der Waals surface area (Å²) in [5.74, 6) is -7.26. The normalized spacial score (nSPS) is 24.5. The average Bonchev–Trinajstić information content (AvgIpc) is 1.75. The zero-order valence-corrected chi connectivity index (χ0v) is 57.4. The predicted octanol–water partition coefficient (Wildman–Crippen LogP) is 4.83. The van der Waals surface area contributed by atoms with Crippen LogP contribution in [-0.2, 0) is 65.5 Å². The highest BCUT2D eigenvalue weighted by Crippen LogP contribution is 2.29. The number of anilines is 1. The molecule has 4 heterocycles. The van der Waals surface area contributed by atoms with Gasteiger partial charge in [0.1, 0.15) is 47.7 Å². The Hall–Kier alpha value is -8.15. The first-order chi connectivity index (χ1) is 43.6. The lowest BCUT2D eigenvalue weighted by Gasteiger charge is -2.38. The van der Waals surface area contributed by atoms with Gasteiger partial charge in [0.05, 0.1) is 12.1 Å². The number of hydrogen-bond donors (Lipinski definition) is 4. The molecule has 10 atom stereocenters. The third kappa shape index (κ3) is 19.2. The van der Waals surface area contributed by atoms with Gasteiger partial charge in [-0.2, -0.15) is 0 Å².